The number of aliphatic hydroxyl groups excluding tert-OH is 1. The largest absolute Gasteiger partial charge is 0.393 e. The quantitative estimate of drug-likeness (QED) is 0.715. The van der Waals surface area contributed by atoms with E-state index >= 15 is 0 Å². The standard InChI is InChI=1S/C25H43NO2/c1-15(5-6-16(2)27)20-9-10-21-19-8-7-17-13-18(26)11-12-24(17,3)22(19)14-23(28)25(20,21)4/h15,17-23,28H,5-14,26H2,1-4H3/t15-,17-,18+,19+,20-,21+,22+,23+,24+,25-/m1/s1. The van der Waals surface area contributed by atoms with Gasteiger partial charge in [-0.2, -0.15) is 0 Å². The SMILES string of the molecule is CC(=O)CC[C@@H](C)[C@H]1CC[C@H]2[C@@H]3CC[C@@H]4C[C@@H](N)CC[C@]4(C)[C@H]3C[C@H](O)[C@]12C. The zero-order chi connectivity index (χ0) is 20.3. The second-order valence-electron chi connectivity index (χ2n) is 11.7. The maximum absolute atomic E-state index is 11.5. The topological polar surface area (TPSA) is 63.3 Å². The summed E-state index contributed by atoms with van der Waals surface area (Å²) < 4.78 is 0. The number of fused-ring (bicyclic) bond motifs is 5. The van der Waals surface area contributed by atoms with Gasteiger partial charge in [-0.15, -0.1) is 0 Å². The van der Waals surface area contributed by atoms with Gasteiger partial charge in [0, 0.05) is 12.5 Å². The molecule has 0 unspecified atom stereocenters. The Kier molecular flexibility index (Phi) is 5.49. The Morgan fingerprint density at radius 3 is 2.57 bits per heavy atom. The van der Waals surface area contributed by atoms with Gasteiger partial charge in [0.25, 0.3) is 0 Å². The summed E-state index contributed by atoms with van der Waals surface area (Å²) in [5, 5.41) is 11.5. The maximum atomic E-state index is 11.5. The number of rotatable bonds is 4. The minimum atomic E-state index is -0.183. The molecule has 10 atom stereocenters. The molecule has 0 radical (unpaired) electrons. The molecule has 0 aromatic carbocycles. The Morgan fingerprint density at radius 2 is 1.86 bits per heavy atom. The number of carbonyl (C=O) groups excluding carboxylic acids is 1. The summed E-state index contributed by atoms with van der Waals surface area (Å²) in [5.41, 5.74) is 6.77. The van der Waals surface area contributed by atoms with Crippen molar-refractivity contribution < 1.29 is 9.90 Å². The number of nitrogens with two attached hydrogens (primary N) is 1. The molecule has 0 aromatic rings. The number of ketones is 1. The van der Waals surface area contributed by atoms with Gasteiger partial charge in [-0.1, -0.05) is 20.8 Å². The normalized spacial score (nSPS) is 51.7. The molecule has 4 fully saturated rings. The molecule has 4 aliphatic rings. The number of hydrogen-bond donors (Lipinski definition) is 2. The van der Waals surface area contributed by atoms with Gasteiger partial charge in [-0.25, -0.2) is 0 Å². The minimum absolute atomic E-state index is 0.0473. The second-order valence-corrected chi connectivity index (χ2v) is 11.7. The van der Waals surface area contributed by atoms with Gasteiger partial charge in [0.2, 0.25) is 0 Å². The predicted octanol–water partition coefficient (Wildman–Crippen LogP) is 4.95. The van der Waals surface area contributed by atoms with E-state index in [1.165, 1.54) is 44.9 Å². The molecule has 4 saturated carbocycles. The highest BCUT2D eigenvalue weighted by molar-refractivity contribution is 5.75. The molecule has 3 nitrogen and oxygen atoms in total. The van der Waals surface area contributed by atoms with Crippen molar-refractivity contribution in [3.8, 4) is 0 Å². The first-order chi connectivity index (χ1) is 13.2. The monoisotopic (exact) mass is 389 g/mol. The molecular weight excluding hydrogens is 346 g/mol. The summed E-state index contributed by atoms with van der Waals surface area (Å²) in [6.07, 6.45) is 11.3. The van der Waals surface area contributed by atoms with Crippen LogP contribution in [0.4, 0.5) is 0 Å². The smallest absolute Gasteiger partial charge is 0.129 e. The molecular formula is C25H43NO2. The van der Waals surface area contributed by atoms with Crippen molar-refractivity contribution in [2.45, 2.75) is 104 Å². The molecule has 0 bridgehead atoms. The van der Waals surface area contributed by atoms with E-state index in [-0.39, 0.29) is 11.5 Å². The summed E-state index contributed by atoms with van der Waals surface area (Å²) >= 11 is 0. The Balaban J connectivity index is 1.56. The molecule has 0 saturated heterocycles. The fraction of sp³-hybridized carbons (Fsp3) is 0.960. The van der Waals surface area contributed by atoms with E-state index in [2.05, 4.69) is 20.8 Å². The molecule has 4 aliphatic carbocycles. The van der Waals surface area contributed by atoms with Crippen LogP contribution in [0.3, 0.4) is 0 Å². The summed E-state index contributed by atoms with van der Waals surface area (Å²) in [5.74, 6) is 4.30. The Morgan fingerprint density at radius 1 is 1.11 bits per heavy atom. The van der Waals surface area contributed by atoms with Gasteiger partial charge in [0.15, 0.2) is 0 Å². The summed E-state index contributed by atoms with van der Waals surface area (Å²) in [6, 6.07) is 0.395. The zero-order valence-electron chi connectivity index (χ0n) is 18.6. The third kappa shape index (κ3) is 3.11. The predicted molar refractivity (Wildman–Crippen MR) is 114 cm³/mol. The molecule has 160 valence electrons. The van der Waals surface area contributed by atoms with Crippen LogP contribution < -0.4 is 5.73 Å². The lowest BCUT2D eigenvalue weighted by molar-refractivity contribution is -0.169. The Bertz CT molecular complexity index is 605. The fourth-order valence-corrected chi connectivity index (χ4v) is 8.85. The van der Waals surface area contributed by atoms with Gasteiger partial charge < -0.3 is 15.6 Å². The van der Waals surface area contributed by atoms with Crippen molar-refractivity contribution in [1.82, 2.24) is 0 Å². The van der Waals surface area contributed by atoms with Crippen LogP contribution in [-0.4, -0.2) is 23.0 Å². The van der Waals surface area contributed by atoms with E-state index in [4.69, 9.17) is 5.73 Å². The maximum Gasteiger partial charge on any atom is 0.129 e. The third-order valence-corrected chi connectivity index (χ3v) is 10.5. The van der Waals surface area contributed by atoms with E-state index in [1.54, 1.807) is 6.92 Å². The van der Waals surface area contributed by atoms with E-state index < -0.39 is 0 Å². The van der Waals surface area contributed by atoms with Crippen LogP contribution in [0.5, 0.6) is 0 Å². The lowest BCUT2D eigenvalue weighted by Crippen LogP contribution is -2.59. The lowest BCUT2D eigenvalue weighted by Gasteiger charge is -2.62. The van der Waals surface area contributed by atoms with E-state index in [1.807, 2.05) is 0 Å². The average Bonchev–Trinajstić information content (AvgIpc) is 3.00. The van der Waals surface area contributed by atoms with Crippen molar-refractivity contribution in [2.24, 2.45) is 52.1 Å². The number of carbonyl (C=O) groups is 1. The molecule has 3 N–H and O–H groups in total. The van der Waals surface area contributed by atoms with Crippen LogP contribution in [-0.2, 0) is 4.79 Å². The van der Waals surface area contributed by atoms with Crippen molar-refractivity contribution in [3.05, 3.63) is 0 Å². The van der Waals surface area contributed by atoms with Gasteiger partial charge in [0.05, 0.1) is 6.10 Å². The van der Waals surface area contributed by atoms with Crippen molar-refractivity contribution in [3.63, 3.8) is 0 Å². The van der Waals surface area contributed by atoms with Crippen LogP contribution >= 0.6 is 0 Å². The van der Waals surface area contributed by atoms with Crippen LogP contribution in [0, 0.1) is 46.3 Å². The van der Waals surface area contributed by atoms with E-state index in [0.29, 0.717) is 47.3 Å². The molecule has 4 rings (SSSR count). The highest BCUT2D eigenvalue weighted by atomic mass is 16.3. The first kappa shape index (κ1) is 20.8. The van der Waals surface area contributed by atoms with E-state index in [0.717, 1.165) is 24.7 Å². The summed E-state index contributed by atoms with van der Waals surface area (Å²) in [4.78, 5) is 11.5. The summed E-state index contributed by atoms with van der Waals surface area (Å²) in [7, 11) is 0. The molecule has 0 amide bonds. The molecule has 0 spiro atoms. The third-order valence-electron chi connectivity index (χ3n) is 10.5. The van der Waals surface area contributed by atoms with Crippen molar-refractivity contribution >= 4 is 5.78 Å². The van der Waals surface area contributed by atoms with Gasteiger partial charge in [-0.05, 0) is 111 Å². The fourth-order valence-electron chi connectivity index (χ4n) is 8.85. The number of hydrogen-bond acceptors (Lipinski definition) is 3. The molecule has 0 heterocycles. The molecule has 0 aromatic heterocycles. The van der Waals surface area contributed by atoms with Gasteiger partial charge in [-0.3, -0.25) is 0 Å². The molecule has 28 heavy (non-hydrogen) atoms. The van der Waals surface area contributed by atoms with Crippen LogP contribution in [0.15, 0.2) is 0 Å². The van der Waals surface area contributed by atoms with Crippen LogP contribution in [0.1, 0.15) is 91.9 Å². The van der Waals surface area contributed by atoms with E-state index in [9.17, 15) is 9.90 Å². The number of aliphatic hydroxyl groups is 1. The zero-order valence-corrected chi connectivity index (χ0v) is 18.6. The highest BCUT2D eigenvalue weighted by Crippen LogP contribution is 2.68. The minimum Gasteiger partial charge on any atom is -0.393 e. The van der Waals surface area contributed by atoms with Crippen molar-refractivity contribution in [1.29, 1.82) is 0 Å². The number of Topliss-reactive ketones (excluding diaryl/α,β-unsaturated/α-hetero) is 1. The van der Waals surface area contributed by atoms with Crippen LogP contribution in [0.25, 0.3) is 0 Å². The average molecular weight is 390 g/mol. The van der Waals surface area contributed by atoms with Gasteiger partial charge >= 0.3 is 0 Å². The first-order valence-electron chi connectivity index (χ1n) is 12.1. The second kappa shape index (κ2) is 7.38. The molecule has 3 heteroatoms. The summed E-state index contributed by atoms with van der Waals surface area (Å²) in [6.45, 7) is 8.99. The van der Waals surface area contributed by atoms with Crippen molar-refractivity contribution in [2.75, 3.05) is 0 Å². The highest BCUT2D eigenvalue weighted by Gasteiger charge is 2.63. The lowest BCUT2D eigenvalue weighted by atomic mass is 9.43. The van der Waals surface area contributed by atoms with Gasteiger partial charge in [0.1, 0.15) is 5.78 Å². The Labute approximate surface area is 172 Å². The van der Waals surface area contributed by atoms with Crippen LogP contribution in [0.2, 0.25) is 0 Å². The molecule has 0 aliphatic heterocycles. The Hall–Kier alpha value is -0.410. The first-order valence-corrected chi connectivity index (χ1v) is 12.1.